The second-order valence-electron chi connectivity index (χ2n) is 8.21. The van der Waals surface area contributed by atoms with Gasteiger partial charge in [-0.15, -0.1) is 11.3 Å². The molecule has 2 unspecified atom stereocenters. The van der Waals surface area contributed by atoms with Crippen LogP contribution in [0, 0.1) is 5.92 Å². The van der Waals surface area contributed by atoms with Gasteiger partial charge in [-0.1, -0.05) is 40.9 Å². The molecule has 6 nitrogen and oxygen atoms in total. The standard InChI is InChI=1S/C24H23Cl3N2O4S2/c1-33-24(30)23-22(10-11-34-23)35(31,32)28-13-15-2-9-21(19-8-5-17(26)12-20(19)27)29(14-15)18-6-3-16(25)4-7-18/h3-8,10-12,15,21,28H,2,9,13-14H2,1H3. The Balaban J connectivity index is 1.55. The van der Waals surface area contributed by atoms with Gasteiger partial charge in [-0.25, -0.2) is 17.9 Å². The first kappa shape index (κ1) is 26.3. The molecule has 0 bridgehead atoms. The molecule has 2 aromatic carbocycles. The van der Waals surface area contributed by atoms with Crippen molar-refractivity contribution in [3.05, 3.63) is 79.4 Å². The number of benzene rings is 2. The fraction of sp³-hybridized carbons (Fsp3) is 0.292. The van der Waals surface area contributed by atoms with Crippen molar-refractivity contribution in [1.29, 1.82) is 0 Å². The minimum atomic E-state index is -3.88. The highest BCUT2D eigenvalue weighted by atomic mass is 35.5. The summed E-state index contributed by atoms with van der Waals surface area (Å²) in [5.41, 5.74) is 1.93. The van der Waals surface area contributed by atoms with Crippen molar-refractivity contribution in [2.45, 2.75) is 23.8 Å². The van der Waals surface area contributed by atoms with Crippen LogP contribution in [0.4, 0.5) is 5.69 Å². The number of carbonyl (C=O) groups excluding carboxylic acids is 1. The van der Waals surface area contributed by atoms with Crippen LogP contribution in [0.25, 0.3) is 0 Å². The van der Waals surface area contributed by atoms with E-state index in [0.717, 1.165) is 35.4 Å². The number of hydrogen-bond donors (Lipinski definition) is 1. The van der Waals surface area contributed by atoms with Crippen LogP contribution >= 0.6 is 46.1 Å². The molecule has 3 aromatic rings. The highest BCUT2D eigenvalue weighted by molar-refractivity contribution is 7.89. The van der Waals surface area contributed by atoms with E-state index in [-0.39, 0.29) is 28.3 Å². The lowest BCUT2D eigenvalue weighted by Gasteiger charge is -2.42. The van der Waals surface area contributed by atoms with Crippen LogP contribution in [0.2, 0.25) is 15.1 Å². The molecule has 1 aliphatic heterocycles. The number of hydrogen-bond acceptors (Lipinski definition) is 6. The molecule has 0 radical (unpaired) electrons. The average Bonchev–Trinajstić information content (AvgIpc) is 3.34. The zero-order chi connectivity index (χ0) is 25.2. The number of anilines is 1. The van der Waals surface area contributed by atoms with Gasteiger partial charge in [0.25, 0.3) is 0 Å². The fourth-order valence-electron chi connectivity index (χ4n) is 4.28. The lowest BCUT2D eigenvalue weighted by Crippen LogP contribution is -2.43. The maximum atomic E-state index is 13.0. The smallest absolute Gasteiger partial charge is 0.349 e. The van der Waals surface area contributed by atoms with Gasteiger partial charge in [0.2, 0.25) is 10.0 Å². The molecular weight excluding hydrogens is 551 g/mol. The van der Waals surface area contributed by atoms with Crippen LogP contribution in [0.15, 0.2) is 58.8 Å². The Bertz CT molecular complexity index is 1310. The quantitative estimate of drug-likeness (QED) is 0.330. The third kappa shape index (κ3) is 5.96. The minimum Gasteiger partial charge on any atom is -0.465 e. The first-order valence-corrected chi connectivity index (χ1v) is 14.3. The van der Waals surface area contributed by atoms with Gasteiger partial charge >= 0.3 is 5.97 Å². The number of piperidine rings is 1. The van der Waals surface area contributed by atoms with E-state index in [9.17, 15) is 13.2 Å². The molecule has 1 aromatic heterocycles. The maximum Gasteiger partial charge on any atom is 0.349 e. The summed E-state index contributed by atoms with van der Waals surface area (Å²) < 4.78 is 33.3. The van der Waals surface area contributed by atoms with E-state index >= 15 is 0 Å². The van der Waals surface area contributed by atoms with Crippen molar-refractivity contribution in [3.8, 4) is 0 Å². The van der Waals surface area contributed by atoms with Crippen LogP contribution in [0.5, 0.6) is 0 Å². The Morgan fingerprint density at radius 3 is 2.49 bits per heavy atom. The number of rotatable bonds is 7. The zero-order valence-corrected chi connectivity index (χ0v) is 22.6. The summed E-state index contributed by atoms with van der Waals surface area (Å²) in [6.07, 6.45) is 1.55. The first-order chi connectivity index (χ1) is 16.7. The normalized spacial score (nSPS) is 18.5. The van der Waals surface area contributed by atoms with Crippen LogP contribution in [-0.2, 0) is 14.8 Å². The van der Waals surface area contributed by atoms with E-state index in [1.165, 1.54) is 13.2 Å². The van der Waals surface area contributed by atoms with Crippen molar-refractivity contribution < 1.29 is 17.9 Å². The molecule has 2 heterocycles. The monoisotopic (exact) mass is 572 g/mol. The molecule has 4 rings (SSSR count). The molecule has 1 saturated heterocycles. The van der Waals surface area contributed by atoms with E-state index in [1.54, 1.807) is 11.4 Å². The molecule has 2 atom stereocenters. The second-order valence-corrected chi connectivity index (χ2v) is 12.1. The molecule has 1 aliphatic rings. The number of esters is 1. The lowest BCUT2D eigenvalue weighted by molar-refractivity contribution is 0.0602. The number of methoxy groups -OCH3 is 1. The molecule has 186 valence electrons. The summed E-state index contributed by atoms with van der Waals surface area (Å²) >= 11 is 19.8. The summed E-state index contributed by atoms with van der Waals surface area (Å²) in [5.74, 6) is -0.641. The van der Waals surface area contributed by atoms with Crippen LogP contribution in [-0.4, -0.2) is 34.6 Å². The molecule has 0 spiro atoms. The predicted octanol–water partition coefficient (Wildman–Crippen LogP) is 6.43. The number of thiophene rings is 1. The Morgan fingerprint density at radius 2 is 1.80 bits per heavy atom. The topological polar surface area (TPSA) is 75.7 Å². The molecule has 11 heteroatoms. The van der Waals surface area contributed by atoms with Crippen LogP contribution in [0.1, 0.15) is 34.1 Å². The highest BCUT2D eigenvalue weighted by Gasteiger charge is 2.32. The van der Waals surface area contributed by atoms with Gasteiger partial charge in [-0.3, -0.25) is 0 Å². The summed E-state index contributed by atoms with van der Waals surface area (Å²) in [6.45, 7) is 0.825. The Morgan fingerprint density at radius 1 is 1.09 bits per heavy atom. The Hall–Kier alpha value is -1.81. The van der Waals surface area contributed by atoms with Crippen molar-refractivity contribution >= 4 is 67.8 Å². The van der Waals surface area contributed by atoms with Crippen molar-refractivity contribution in [3.63, 3.8) is 0 Å². The minimum absolute atomic E-state index is 0.00315. The molecule has 0 amide bonds. The van der Waals surface area contributed by atoms with Gasteiger partial charge in [0.1, 0.15) is 9.77 Å². The SMILES string of the molecule is COC(=O)c1sccc1S(=O)(=O)NCC1CCC(c2ccc(Cl)cc2Cl)N(c2ccc(Cl)cc2)C1. The second kappa shape index (κ2) is 11.1. The third-order valence-corrected chi connectivity index (χ3v) is 9.31. The first-order valence-electron chi connectivity index (χ1n) is 10.8. The summed E-state index contributed by atoms with van der Waals surface area (Å²) in [4.78, 5) is 14.2. The number of carbonyl (C=O) groups is 1. The molecule has 0 aliphatic carbocycles. The van der Waals surface area contributed by atoms with E-state index in [0.29, 0.717) is 21.6 Å². The predicted molar refractivity (Wildman–Crippen MR) is 142 cm³/mol. The molecule has 1 N–H and O–H groups in total. The number of ether oxygens (including phenoxy) is 1. The van der Waals surface area contributed by atoms with Gasteiger partial charge < -0.3 is 9.64 Å². The lowest BCUT2D eigenvalue weighted by atomic mass is 9.88. The van der Waals surface area contributed by atoms with E-state index in [2.05, 4.69) is 9.62 Å². The number of sulfonamides is 1. The molecule has 0 saturated carbocycles. The Kier molecular flexibility index (Phi) is 8.30. The van der Waals surface area contributed by atoms with E-state index in [4.69, 9.17) is 39.5 Å². The van der Waals surface area contributed by atoms with Crippen LogP contribution < -0.4 is 9.62 Å². The highest BCUT2D eigenvalue weighted by Crippen LogP contribution is 2.40. The van der Waals surface area contributed by atoms with Crippen molar-refractivity contribution in [2.24, 2.45) is 5.92 Å². The average molecular weight is 574 g/mol. The van der Waals surface area contributed by atoms with Gasteiger partial charge in [0.05, 0.1) is 13.2 Å². The third-order valence-electron chi connectivity index (χ3n) is 6.01. The molecule has 1 fully saturated rings. The van der Waals surface area contributed by atoms with Gasteiger partial charge in [0.15, 0.2) is 0 Å². The van der Waals surface area contributed by atoms with Gasteiger partial charge in [-0.2, -0.15) is 0 Å². The van der Waals surface area contributed by atoms with Gasteiger partial charge in [-0.05, 0) is 72.2 Å². The molecular formula is C24H23Cl3N2O4S2. The largest absolute Gasteiger partial charge is 0.465 e. The molecule has 35 heavy (non-hydrogen) atoms. The maximum absolute atomic E-state index is 13.0. The van der Waals surface area contributed by atoms with E-state index in [1.807, 2.05) is 36.4 Å². The number of nitrogens with zero attached hydrogens (tertiary/aromatic N) is 1. The summed E-state index contributed by atoms with van der Waals surface area (Å²) in [7, 11) is -2.65. The van der Waals surface area contributed by atoms with Crippen molar-refractivity contribution in [1.82, 2.24) is 4.72 Å². The fourth-order valence-corrected chi connectivity index (χ4v) is 7.39. The number of halogens is 3. The van der Waals surface area contributed by atoms with E-state index < -0.39 is 16.0 Å². The van der Waals surface area contributed by atoms with Gasteiger partial charge in [0, 0.05) is 33.8 Å². The van der Waals surface area contributed by atoms with Crippen molar-refractivity contribution in [2.75, 3.05) is 25.1 Å². The summed E-state index contributed by atoms with van der Waals surface area (Å²) in [5, 5.41) is 3.35. The van der Waals surface area contributed by atoms with Crippen LogP contribution in [0.3, 0.4) is 0 Å². The zero-order valence-electron chi connectivity index (χ0n) is 18.7. The summed E-state index contributed by atoms with van der Waals surface area (Å²) in [6, 6.07) is 14.5. The Labute approximate surface area is 223 Å². The number of nitrogens with one attached hydrogen (secondary N) is 1.